The van der Waals surface area contributed by atoms with Crippen LogP contribution in [0.4, 0.5) is 0 Å². The fourth-order valence-corrected chi connectivity index (χ4v) is 2.87. The van der Waals surface area contributed by atoms with Crippen LogP contribution in [0.25, 0.3) is 0 Å². The van der Waals surface area contributed by atoms with Crippen LogP contribution in [0.1, 0.15) is 42.8 Å². The van der Waals surface area contributed by atoms with Crippen LogP contribution in [-0.4, -0.2) is 37.7 Å². The van der Waals surface area contributed by atoms with E-state index in [4.69, 9.17) is 4.74 Å². The number of nitrogens with zero attached hydrogens (tertiary/aromatic N) is 4. The number of carbonyl (C=O) groups is 1. The fraction of sp³-hybridized carbons (Fsp3) is 0.600. The molecule has 23 heavy (non-hydrogen) atoms. The van der Waals surface area contributed by atoms with Crippen LogP contribution in [-0.2, 0) is 22.6 Å². The van der Waals surface area contributed by atoms with E-state index in [1.54, 1.807) is 17.2 Å². The third-order valence-corrected chi connectivity index (χ3v) is 4.14. The Bertz CT molecular complexity index is 651. The molecule has 0 radical (unpaired) electrons. The topological polar surface area (TPSA) is 97.7 Å². The molecule has 1 saturated heterocycles. The standard InChI is InChI=1S/C15H22N6O2/c1-3-21-19-10(2)13(20-21)9-16-15(22)12-5-4-6-23-14(12)11-7-17-18-8-11/h7-8,12,14H,3-6,9H2,1-2H3,(H,16,22)(H,17,18)/t12-,14+/m1/s1. The van der Waals surface area contributed by atoms with Crippen molar-refractivity contribution in [1.29, 1.82) is 0 Å². The Balaban J connectivity index is 1.65. The van der Waals surface area contributed by atoms with Crippen molar-refractivity contribution in [2.24, 2.45) is 5.92 Å². The maximum absolute atomic E-state index is 12.6. The molecule has 2 aromatic heterocycles. The lowest BCUT2D eigenvalue weighted by atomic mass is 9.90. The first-order chi connectivity index (χ1) is 11.2. The maximum atomic E-state index is 12.6. The monoisotopic (exact) mass is 318 g/mol. The Morgan fingerprint density at radius 2 is 2.39 bits per heavy atom. The van der Waals surface area contributed by atoms with Gasteiger partial charge in [0.05, 0.1) is 37.0 Å². The molecule has 1 aliphatic rings. The van der Waals surface area contributed by atoms with Gasteiger partial charge in [0.25, 0.3) is 0 Å². The number of aryl methyl sites for hydroxylation is 2. The normalized spacial score (nSPS) is 21.3. The zero-order valence-electron chi connectivity index (χ0n) is 13.5. The summed E-state index contributed by atoms with van der Waals surface area (Å²) >= 11 is 0. The predicted molar refractivity (Wildman–Crippen MR) is 82.3 cm³/mol. The molecule has 3 heterocycles. The van der Waals surface area contributed by atoms with Crippen molar-refractivity contribution in [3.05, 3.63) is 29.3 Å². The summed E-state index contributed by atoms with van der Waals surface area (Å²) in [5.74, 6) is -0.218. The molecule has 8 nitrogen and oxygen atoms in total. The van der Waals surface area contributed by atoms with Crippen LogP contribution in [0, 0.1) is 12.8 Å². The van der Waals surface area contributed by atoms with Crippen molar-refractivity contribution < 1.29 is 9.53 Å². The summed E-state index contributed by atoms with van der Waals surface area (Å²) in [4.78, 5) is 14.2. The number of aromatic nitrogens is 5. The van der Waals surface area contributed by atoms with Crippen LogP contribution < -0.4 is 5.32 Å². The molecule has 1 fully saturated rings. The largest absolute Gasteiger partial charge is 0.373 e. The van der Waals surface area contributed by atoms with E-state index in [1.165, 1.54) is 0 Å². The first-order valence-electron chi connectivity index (χ1n) is 7.97. The highest BCUT2D eigenvalue weighted by Gasteiger charge is 2.33. The Kier molecular flexibility index (Phi) is 4.71. The van der Waals surface area contributed by atoms with Crippen LogP contribution >= 0.6 is 0 Å². The van der Waals surface area contributed by atoms with Gasteiger partial charge in [-0.25, -0.2) is 0 Å². The van der Waals surface area contributed by atoms with Gasteiger partial charge in [0.2, 0.25) is 5.91 Å². The van der Waals surface area contributed by atoms with E-state index in [0.717, 1.165) is 29.8 Å². The molecule has 2 atom stereocenters. The Morgan fingerprint density at radius 3 is 3.09 bits per heavy atom. The highest BCUT2D eigenvalue weighted by atomic mass is 16.5. The molecule has 8 heteroatoms. The van der Waals surface area contributed by atoms with Gasteiger partial charge in [-0.05, 0) is 26.7 Å². The zero-order valence-corrected chi connectivity index (χ0v) is 13.5. The van der Waals surface area contributed by atoms with Gasteiger partial charge in [-0.15, -0.1) is 0 Å². The Morgan fingerprint density at radius 1 is 1.52 bits per heavy atom. The number of rotatable bonds is 5. The molecule has 0 bridgehead atoms. The van der Waals surface area contributed by atoms with E-state index in [2.05, 4.69) is 25.7 Å². The smallest absolute Gasteiger partial charge is 0.226 e. The highest BCUT2D eigenvalue weighted by Crippen LogP contribution is 2.33. The lowest BCUT2D eigenvalue weighted by Gasteiger charge is -2.30. The van der Waals surface area contributed by atoms with Gasteiger partial charge < -0.3 is 10.1 Å². The molecule has 1 amide bonds. The van der Waals surface area contributed by atoms with E-state index in [0.29, 0.717) is 19.7 Å². The number of carbonyl (C=O) groups excluding carboxylic acids is 1. The number of aromatic amines is 1. The quantitative estimate of drug-likeness (QED) is 0.861. The second kappa shape index (κ2) is 6.91. The van der Waals surface area contributed by atoms with Gasteiger partial charge >= 0.3 is 0 Å². The van der Waals surface area contributed by atoms with Crippen molar-refractivity contribution in [2.45, 2.75) is 45.9 Å². The van der Waals surface area contributed by atoms with Gasteiger partial charge in [-0.3, -0.25) is 9.89 Å². The van der Waals surface area contributed by atoms with Crippen molar-refractivity contribution in [2.75, 3.05) is 6.61 Å². The second-order valence-electron chi connectivity index (χ2n) is 5.71. The molecule has 1 aliphatic heterocycles. The molecule has 3 rings (SSSR count). The lowest BCUT2D eigenvalue weighted by molar-refractivity contribution is -0.134. The first-order valence-corrected chi connectivity index (χ1v) is 7.97. The summed E-state index contributed by atoms with van der Waals surface area (Å²) in [5.41, 5.74) is 2.56. The minimum absolute atomic E-state index is 0.0126. The van der Waals surface area contributed by atoms with Crippen molar-refractivity contribution in [1.82, 2.24) is 30.5 Å². The average molecular weight is 318 g/mol. The molecule has 0 saturated carbocycles. The van der Waals surface area contributed by atoms with Crippen LogP contribution in [0.5, 0.6) is 0 Å². The summed E-state index contributed by atoms with van der Waals surface area (Å²) in [6, 6.07) is 0. The van der Waals surface area contributed by atoms with E-state index < -0.39 is 0 Å². The van der Waals surface area contributed by atoms with E-state index in [9.17, 15) is 4.79 Å². The summed E-state index contributed by atoms with van der Waals surface area (Å²) in [5, 5.41) is 18.4. The molecular formula is C15H22N6O2. The minimum Gasteiger partial charge on any atom is -0.373 e. The summed E-state index contributed by atoms with van der Waals surface area (Å²) < 4.78 is 5.80. The third-order valence-electron chi connectivity index (χ3n) is 4.14. The number of nitrogens with one attached hydrogen (secondary N) is 2. The summed E-state index contributed by atoms with van der Waals surface area (Å²) in [7, 11) is 0. The van der Waals surface area contributed by atoms with E-state index >= 15 is 0 Å². The molecular weight excluding hydrogens is 296 g/mol. The van der Waals surface area contributed by atoms with Crippen molar-refractivity contribution in [3.63, 3.8) is 0 Å². The number of amides is 1. The maximum Gasteiger partial charge on any atom is 0.226 e. The lowest BCUT2D eigenvalue weighted by Crippen LogP contribution is -2.37. The molecule has 2 N–H and O–H groups in total. The van der Waals surface area contributed by atoms with Gasteiger partial charge in [0.15, 0.2) is 0 Å². The minimum atomic E-state index is -0.241. The van der Waals surface area contributed by atoms with Gasteiger partial charge in [-0.2, -0.15) is 20.1 Å². The van der Waals surface area contributed by atoms with Crippen LogP contribution in [0.2, 0.25) is 0 Å². The molecule has 124 valence electrons. The fourth-order valence-electron chi connectivity index (χ4n) is 2.87. The third kappa shape index (κ3) is 3.42. The molecule has 2 aromatic rings. The first kappa shape index (κ1) is 15.7. The molecule has 0 unspecified atom stereocenters. The van der Waals surface area contributed by atoms with Gasteiger partial charge in [0, 0.05) is 18.4 Å². The highest BCUT2D eigenvalue weighted by molar-refractivity contribution is 5.79. The molecule has 0 aromatic carbocycles. The SMILES string of the molecule is CCn1nc(C)c(CNC(=O)[C@@H]2CCCO[C@H]2c2cn[nH]c2)n1. The number of H-pyrrole nitrogens is 1. The molecule has 0 aliphatic carbocycles. The zero-order chi connectivity index (χ0) is 16.2. The summed E-state index contributed by atoms with van der Waals surface area (Å²) in [6.07, 6.45) is 4.95. The van der Waals surface area contributed by atoms with E-state index in [-0.39, 0.29) is 17.9 Å². The predicted octanol–water partition coefficient (Wildman–Crippen LogP) is 1.11. The van der Waals surface area contributed by atoms with Crippen molar-refractivity contribution >= 4 is 5.91 Å². The van der Waals surface area contributed by atoms with E-state index in [1.807, 2.05) is 13.8 Å². The Hall–Kier alpha value is -2.22. The number of ether oxygens (including phenoxy) is 1. The number of hydrogen-bond acceptors (Lipinski definition) is 5. The van der Waals surface area contributed by atoms with Gasteiger partial charge in [-0.1, -0.05) is 0 Å². The van der Waals surface area contributed by atoms with Gasteiger partial charge in [0.1, 0.15) is 5.69 Å². The molecule has 0 spiro atoms. The Labute approximate surface area is 134 Å². The summed E-state index contributed by atoms with van der Waals surface area (Å²) in [6.45, 7) is 5.66. The van der Waals surface area contributed by atoms with Crippen LogP contribution in [0.15, 0.2) is 12.4 Å². The number of hydrogen-bond donors (Lipinski definition) is 2. The van der Waals surface area contributed by atoms with Crippen LogP contribution in [0.3, 0.4) is 0 Å². The second-order valence-corrected chi connectivity index (χ2v) is 5.71. The van der Waals surface area contributed by atoms with Crippen molar-refractivity contribution in [3.8, 4) is 0 Å². The average Bonchev–Trinajstić information content (AvgIpc) is 3.22.